The van der Waals surface area contributed by atoms with Gasteiger partial charge in [0, 0.05) is 6.61 Å². The number of benzene rings is 1. The third kappa shape index (κ3) is 3.13. The summed E-state index contributed by atoms with van der Waals surface area (Å²) in [6.07, 6.45) is 1.51. The fourth-order valence-corrected chi connectivity index (χ4v) is 2.06. The lowest BCUT2D eigenvalue weighted by molar-refractivity contribution is 0.121. The van der Waals surface area contributed by atoms with E-state index in [-0.39, 0.29) is 12.2 Å². The third-order valence-corrected chi connectivity index (χ3v) is 2.97. The van der Waals surface area contributed by atoms with Crippen LogP contribution in [0, 0.1) is 0 Å². The molecule has 1 N–H and O–H groups in total. The molecule has 0 amide bonds. The molecule has 0 aromatic heterocycles. The molecule has 1 fully saturated rings. The van der Waals surface area contributed by atoms with Gasteiger partial charge in [-0.3, -0.25) is 0 Å². The van der Waals surface area contributed by atoms with Gasteiger partial charge in [-0.15, -0.1) is 0 Å². The summed E-state index contributed by atoms with van der Waals surface area (Å²) in [5, 5.41) is 3.51. The van der Waals surface area contributed by atoms with Crippen LogP contribution in [-0.2, 0) is 4.74 Å². The van der Waals surface area contributed by atoms with E-state index in [0.29, 0.717) is 6.04 Å². The average Bonchev–Trinajstić information content (AvgIpc) is 2.67. The predicted octanol–water partition coefficient (Wildman–Crippen LogP) is 3.06. The topological polar surface area (TPSA) is 30.5 Å². The Morgan fingerprint density at radius 1 is 1.35 bits per heavy atom. The molecule has 0 bridgehead atoms. The van der Waals surface area contributed by atoms with Crippen LogP contribution in [0.2, 0.25) is 0 Å². The zero-order chi connectivity index (χ0) is 12.3. The predicted molar refractivity (Wildman–Crippen MR) is 69.6 cm³/mol. The SMILES string of the molecule is CC(C)Oc1ccccc1NC1CCOC1C. The molecule has 17 heavy (non-hydrogen) atoms. The van der Waals surface area contributed by atoms with E-state index in [1.807, 2.05) is 32.0 Å². The van der Waals surface area contributed by atoms with Crippen LogP contribution in [-0.4, -0.2) is 24.9 Å². The van der Waals surface area contributed by atoms with Crippen molar-refractivity contribution < 1.29 is 9.47 Å². The van der Waals surface area contributed by atoms with Gasteiger partial charge in [-0.2, -0.15) is 0 Å². The summed E-state index contributed by atoms with van der Waals surface area (Å²) in [7, 11) is 0. The molecular formula is C14H21NO2. The molecule has 1 heterocycles. The van der Waals surface area contributed by atoms with Crippen molar-refractivity contribution in [2.45, 2.75) is 45.4 Å². The van der Waals surface area contributed by atoms with E-state index < -0.39 is 0 Å². The van der Waals surface area contributed by atoms with Crippen molar-refractivity contribution in [3.63, 3.8) is 0 Å². The lowest BCUT2D eigenvalue weighted by Gasteiger charge is -2.20. The van der Waals surface area contributed by atoms with Crippen molar-refractivity contribution in [2.24, 2.45) is 0 Å². The van der Waals surface area contributed by atoms with E-state index in [1.165, 1.54) is 0 Å². The Hall–Kier alpha value is -1.22. The molecule has 1 saturated heterocycles. The van der Waals surface area contributed by atoms with Gasteiger partial charge in [-0.05, 0) is 39.3 Å². The number of hydrogen-bond donors (Lipinski definition) is 1. The summed E-state index contributed by atoms with van der Waals surface area (Å²) in [6, 6.07) is 8.46. The quantitative estimate of drug-likeness (QED) is 0.870. The van der Waals surface area contributed by atoms with E-state index >= 15 is 0 Å². The largest absolute Gasteiger partial charge is 0.489 e. The Kier molecular flexibility index (Phi) is 3.89. The van der Waals surface area contributed by atoms with Crippen LogP contribution in [0.15, 0.2) is 24.3 Å². The number of para-hydroxylation sites is 2. The molecule has 0 aliphatic carbocycles. The van der Waals surface area contributed by atoms with E-state index in [0.717, 1.165) is 24.5 Å². The monoisotopic (exact) mass is 235 g/mol. The Morgan fingerprint density at radius 3 is 2.76 bits per heavy atom. The molecule has 0 radical (unpaired) electrons. The van der Waals surface area contributed by atoms with Crippen molar-refractivity contribution in [3.8, 4) is 5.75 Å². The first-order valence-corrected chi connectivity index (χ1v) is 6.30. The first kappa shape index (κ1) is 12.2. The summed E-state index contributed by atoms with van der Waals surface area (Å²) < 4.78 is 11.3. The molecule has 94 valence electrons. The molecule has 2 rings (SSSR count). The second-order valence-corrected chi connectivity index (χ2v) is 4.78. The van der Waals surface area contributed by atoms with Crippen LogP contribution in [0.25, 0.3) is 0 Å². The highest BCUT2D eigenvalue weighted by Gasteiger charge is 2.24. The second kappa shape index (κ2) is 5.41. The number of hydrogen-bond acceptors (Lipinski definition) is 3. The summed E-state index contributed by atoms with van der Waals surface area (Å²) >= 11 is 0. The van der Waals surface area contributed by atoms with Crippen LogP contribution < -0.4 is 10.1 Å². The highest BCUT2D eigenvalue weighted by molar-refractivity contribution is 5.57. The molecule has 1 aliphatic rings. The molecule has 2 atom stereocenters. The van der Waals surface area contributed by atoms with E-state index in [2.05, 4.69) is 18.3 Å². The molecule has 2 unspecified atom stereocenters. The maximum Gasteiger partial charge on any atom is 0.142 e. The normalized spacial score (nSPS) is 24.0. The average molecular weight is 235 g/mol. The molecule has 1 aromatic carbocycles. The summed E-state index contributed by atoms with van der Waals surface area (Å²) in [5.41, 5.74) is 1.06. The zero-order valence-electron chi connectivity index (χ0n) is 10.8. The minimum absolute atomic E-state index is 0.190. The van der Waals surface area contributed by atoms with Gasteiger partial charge in [-0.1, -0.05) is 12.1 Å². The molecular weight excluding hydrogens is 214 g/mol. The number of ether oxygens (including phenoxy) is 2. The van der Waals surface area contributed by atoms with Gasteiger partial charge >= 0.3 is 0 Å². The van der Waals surface area contributed by atoms with Crippen LogP contribution in [0.4, 0.5) is 5.69 Å². The molecule has 3 heteroatoms. The smallest absolute Gasteiger partial charge is 0.142 e. The van der Waals surface area contributed by atoms with Gasteiger partial charge in [0.05, 0.1) is 23.9 Å². The van der Waals surface area contributed by atoms with Crippen molar-refractivity contribution >= 4 is 5.69 Å². The van der Waals surface area contributed by atoms with E-state index in [1.54, 1.807) is 0 Å². The Balaban J connectivity index is 2.09. The van der Waals surface area contributed by atoms with Gasteiger partial charge in [-0.25, -0.2) is 0 Å². The highest BCUT2D eigenvalue weighted by atomic mass is 16.5. The van der Waals surface area contributed by atoms with Gasteiger partial charge in [0.25, 0.3) is 0 Å². The minimum atomic E-state index is 0.190. The molecule has 0 spiro atoms. The standard InChI is InChI=1S/C14H21NO2/c1-10(2)17-14-7-5-4-6-13(14)15-12-8-9-16-11(12)3/h4-7,10-12,15H,8-9H2,1-3H3. The van der Waals surface area contributed by atoms with Crippen LogP contribution >= 0.6 is 0 Å². The highest BCUT2D eigenvalue weighted by Crippen LogP contribution is 2.28. The first-order valence-electron chi connectivity index (χ1n) is 6.30. The second-order valence-electron chi connectivity index (χ2n) is 4.78. The van der Waals surface area contributed by atoms with Gasteiger partial charge < -0.3 is 14.8 Å². The van der Waals surface area contributed by atoms with E-state index in [9.17, 15) is 0 Å². The Labute approximate surface area is 103 Å². The van der Waals surface area contributed by atoms with E-state index in [4.69, 9.17) is 9.47 Å². The maximum absolute atomic E-state index is 5.79. The fourth-order valence-electron chi connectivity index (χ4n) is 2.06. The molecule has 3 nitrogen and oxygen atoms in total. The fraction of sp³-hybridized carbons (Fsp3) is 0.571. The molecule has 1 aromatic rings. The number of nitrogens with one attached hydrogen (secondary N) is 1. The maximum atomic E-state index is 5.79. The first-order chi connectivity index (χ1) is 8.16. The lowest BCUT2D eigenvalue weighted by Crippen LogP contribution is -2.27. The van der Waals surface area contributed by atoms with Gasteiger partial charge in [0.15, 0.2) is 0 Å². The molecule has 1 aliphatic heterocycles. The van der Waals surface area contributed by atoms with Gasteiger partial charge in [0.2, 0.25) is 0 Å². The Morgan fingerprint density at radius 2 is 2.12 bits per heavy atom. The van der Waals surface area contributed by atoms with Crippen LogP contribution in [0.1, 0.15) is 27.2 Å². The Bertz CT molecular complexity index is 365. The number of rotatable bonds is 4. The summed E-state index contributed by atoms with van der Waals surface area (Å²) in [5.74, 6) is 0.918. The van der Waals surface area contributed by atoms with Crippen molar-refractivity contribution in [1.29, 1.82) is 0 Å². The summed E-state index contributed by atoms with van der Waals surface area (Å²) in [4.78, 5) is 0. The van der Waals surface area contributed by atoms with Crippen molar-refractivity contribution in [2.75, 3.05) is 11.9 Å². The molecule has 0 saturated carbocycles. The van der Waals surface area contributed by atoms with Crippen molar-refractivity contribution in [1.82, 2.24) is 0 Å². The number of anilines is 1. The summed E-state index contributed by atoms with van der Waals surface area (Å²) in [6.45, 7) is 7.03. The van der Waals surface area contributed by atoms with Gasteiger partial charge in [0.1, 0.15) is 5.75 Å². The minimum Gasteiger partial charge on any atom is -0.489 e. The lowest BCUT2D eigenvalue weighted by atomic mass is 10.1. The zero-order valence-corrected chi connectivity index (χ0v) is 10.8. The van der Waals surface area contributed by atoms with Crippen molar-refractivity contribution in [3.05, 3.63) is 24.3 Å². The van der Waals surface area contributed by atoms with Crippen LogP contribution in [0.3, 0.4) is 0 Å². The third-order valence-electron chi connectivity index (χ3n) is 2.97. The van der Waals surface area contributed by atoms with Crippen LogP contribution in [0.5, 0.6) is 5.75 Å².